The minimum absolute atomic E-state index is 0.0640. The zero-order valence-corrected chi connectivity index (χ0v) is 14.8. The number of ether oxygens (including phenoxy) is 2. The van der Waals surface area contributed by atoms with E-state index >= 15 is 0 Å². The predicted molar refractivity (Wildman–Crippen MR) is 86.0 cm³/mol. The van der Waals surface area contributed by atoms with Crippen LogP contribution in [0.2, 0.25) is 0 Å². The van der Waals surface area contributed by atoms with Crippen molar-refractivity contribution >= 4 is 6.09 Å². The molecule has 2 unspecified atom stereocenters. The number of methoxy groups -OCH3 is 1. The molecule has 5 nitrogen and oxygen atoms in total. The van der Waals surface area contributed by atoms with Crippen molar-refractivity contribution in [3.8, 4) is 0 Å². The third kappa shape index (κ3) is 7.37. The molecule has 5 heteroatoms. The summed E-state index contributed by atoms with van der Waals surface area (Å²) in [6.07, 6.45) is 4.32. The Labute approximate surface area is 129 Å². The number of nitrogens with one attached hydrogen (secondary N) is 1. The van der Waals surface area contributed by atoms with Crippen LogP contribution in [0.5, 0.6) is 0 Å². The summed E-state index contributed by atoms with van der Waals surface area (Å²) in [6.45, 7) is 13.6. The highest BCUT2D eigenvalue weighted by Crippen LogP contribution is 2.15. The molecule has 1 N–H and O–H groups in total. The Kier molecular flexibility index (Phi) is 8.40. The molecule has 3 atom stereocenters. The van der Waals surface area contributed by atoms with Gasteiger partial charge in [-0.05, 0) is 54.2 Å². The van der Waals surface area contributed by atoms with Crippen LogP contribution in [0.25, 0.3) is 0 Å². The summed E-state index contributed by atoms with van der Waals surface area (Å²) < 4.78 is 10.8. The predicted octanol–water partition coefficient (Wildman–Crippen LogP) is 3.51. The molecule has 0 aliphatic rings. The van der Waals surface area contributed by atoms with Crippen molar-refractivity contribution in [3.63, 3.8) is 0 Å². The maximum atomic E-state index is 11.9. The van der Waals surface area contributed by atoms with Crippen LogP contribution in [0.1, 0.15) is 54.9 Å². The fraction of sp³-hybridized carbons (Fsp3) is 0.812. The van der Waals surface area contributed by atoms with E-state index in [-0.39, 0.29) is 18.3 Å². The average Bonchev–Trinajstić information content (AvgIpc) is 2.35. The van der Waals surface area contributed by atoms with Gasteiger partial charge in [0.15, 0.2) is 0 Å². The van der Waals surface area contributed by atoms with Crippen LogP contribution in [-0.4, -0.2) is 42.0 Å². The molecule has 124 valence electrons. The molecule has 0 aliphatic heterocycles. The Morgan fingerprint density at radius 1 is 1.33 bits per heavy atom. The zero-order valence-electron chi connectivity index (χ0n) is 14.8. The van der Waals surface area contributed by atoms with E-state index in [1.807, 2.05) is 53.8 Å². The second-order valence-electron chi connectivity index (χ2n) is 6.17. The molecule has 0 aromatic carbocycles. The van der Waals surface area contributed by atoms with E-state index in [0.717, 1.165) is 6.42 Å². The summed E-state index contributed by atoms with van der Waals surface area (Å²) >= 11 is 0. The van der Waals surface area contributed by atoms with E-state index in [9.17, 15) is 4.79 Å². The Morgan fingerprint density at radius 2 is 1.90 bits per heavy atom. The first-order valence-electron chi connectivity index (χ1n) is 7.58. The monoisotopic (exact) mass is 300 g/mol. The summed E-state index contributed by atoms with van der Waals surface area (Å²) in [6, 6.07) is 0.177. The molecule has 0 saturated heterocycles. The first kappa shape index (κ1) is 19.8. The fourth-order valence-corrected chi connectivity index (χ4v) is 2.19. The van der Waals surface area contributed by atoms with Crippen molar-refractivity contribution in [1.29, 1.82) is 0 Å². The molecule has 0 aliphatic carbocycles. The normalized spacial score (nSPS) is 16.4. The number of rotatable bonds is 7. The average molecular weight is 300 g/mol. The van der Waals surface area contributed by atoms with Crippen molar-refractivity contribution in [2.75, 3.05) is 7.11 Å². The Hall–Kier alpha value is -1.23. The number of alkyl carbamates (subject to hydrolysis) is 1. The standard InChI is InChI=1S/C16H32N2O3/c1-9-11-18(14(10-2)12(3)20-8)13(4)17-15(19)21-16(5,6)7/h9,11-14H,10H2,1-8H3,(H,17,19)/b11-9-/t12?,13?,14-/m0/s1. The molecule has 0 aromatic rings. The van der Waals surface area contributed by atoms with E-state index in [1.165, 1.54) is 0 Å². The SMILES string of the molecule is C/C=C\N(C(C)NC(=O)OC(C)(C)C)[C@@H](CC)C(C)OC. The second kappa shape index (κ2) is 8.93. The van der Waals surface area contributed by atoms with Crippen LogP contribution in [0.15, 0.2) is 12.3 Å². The molecular formula is C16H32N2O3. The third-order valence-corrected chi connectivity index (χ3v) is 3.21. The van der Waals surface area contributed by atoms with Crippen LogP contribution in [0.4, 0.5) is 4.79 Å². The maximum absolute atomic E-state index is 11.9. The van der Waals surface area contributed by atoms with Gasteiger partial charge in [0.25, 0.3) is 0 Å². The molecule has 0 aromatic heterocycles. The summed E-state index contributed by atoms with van der Waals surface area (Å²) in [5, 5.41) is 2.87. The zero-order chi connectivity index (χ0) is 16.6. The lowest BCUT2D eigenvalue weighted by atomic mass is 10.1. The highest BCUT2D eigenvalue weighted by molar-refractivity contribution is 5.67. The van der Waals surface area contributed by atoms with Crippen LogP contribution >= 0.6 is 0 Å². The fourth-order valence-electron chi connectivity index (χ4n) is 2.19. The van der Waals surface area contributed by atoms with Gasteiger partial charge in [-0.25, -0.2) is 4.79 Å². The molecule has 21 heavy (non-hydrogen) atoms. The molecule has 1 amide bonds. The Bertz CT molecular complexity index is 337. The number of hydrogen-bond donors (Lipinski definition) is 1. The smallest absolute Gasteiger partial charge is 0.409 e. The van der Waals surface area contributed by atoms with Gasteiger partial charge in [-0.2, -0.15) is 0 Å². The number of carbonyl (C=O) groups is 1. The van der Waals surface area contributed by atoms with Crippen LogP contribution in [0.3, 0.4) is 0 Å². The first-order chi connectivity index (χ1) is 9.66. The minimum atomic E-state index is -0.501. The maximum Gasteiger partial charge on any atom is 0.409 e. The van der Waals surface area contributed by atoms with E-state index in [0.29, 0.717) is 0 Å². The molecular weight excluding hydrogens is 268 g/mol. The van der Waals surface area contributed by atoms with E-state index < -0.39 is 11.7 Å². The first-order valence-corrected chi connectivity index (χ1v) is 7.58. The van der Waals surface area contributed by atoms with Gasteiger partial charge in [0, 0.05) is 7.11 Å². The number of allylic oxidation sites excluding steroid dienone is 1. The van der Waals surface area contributed by atoms with Crippen molar-refractivity contribution in [1.82, 2.24) is 10.2 Å². The van der Waals surface area contributed by atoms with Gasteiger partial charge in [0.2, 0.25) is 0 Å². The van der Waals surface area contributed by atoms with Crippen LogP contribution < -0.4 is 5.32 Å². The van der Waals surface area contributed by atoms with Crippen molar-refractivity contribution in [3.05, 3.63) is 12.3 Å². The highest BCUT2D eigenvalue weighted by Gasteiger charge is 2.26. The molecule has 0 radical (unpaired) electrons. The van der Waals surface area contributed by atoms with Gasteiger partial charge in [-0.3, -0.25) is 0 Å². The molecule has 0 bridgehead atoms. The number of carbonyl (C=O) groups excluding carboxylic acids is 1. The summed E-state index contributed by atoms with van der Waals surface area (Å²) in [7, 11) is 1.70. The van der Waals surface area contributed by atoms with Crippen LogP contribution in [0, 0.1) is 0 Å². The Morgan fingerprint density at radius 3 is 2.29 bits per heavy atom. The van der Waals surface area contributed by atoms with E-state index in [2.05, 4.69) is 17.1 Å². The summed E-state index contributed by atoms with van der Waals surface area (Å²) in [5.41, 5.74) is -0.501. The van der Waals surface area contributed by atoms with Crippen molar-refractivity contribution in [2.45, 2.75) is 78.8 Å². The lowest BCUT2D eigenvalue weighted by Crippen LogP contribution is -2.52. The Balaban J connectivity index is 4.90. The molecule has 0 saturated carbocycles. The molecule has 0 spiro atoms. The quantitative estimate of drug-likeness (QED) is 0.731. The van der Waals surface area contributed by atoms with Gasteiger partial charge in [-0.1, -0.05) is 13.0 Å². The number of hydrogen-bond acceptors (Lipinski definition) is 4. The van der Waals surface area contributed by atoms with Crippen molar-refractivity contribution in [2.24, 2.45) is 0 Å². The number of nitrogens with zero attached hydrogens (tertiary/aromatic N) is 1. The molecule has 0 rings (SSSR count). The minimum Gasteiger partial charge on any atom is -0.444 e. The van der Waals surface area contributed by atoms with Crippen molar-refractivity contribution < 1.29 is 14.3 Å². The number of amides is 1. The van der Waals surface area contributed by atoms with Gasteiger partial charge in [0.05, 0.1) is 12.1 Å². The summed E-state index contributed by atoms with van der Waals surface area (Å²) in [5.74, 6) is 0. The largest absolute Gasteiger partial charge is 0.444 e. The molecule has 0 heterocycles. The van der Waals surface area contributed by atoms with E-state index in [1.54, 1.807) is 7.11 Å². The van der Waals surface area contributed by atoms with Gasteiger partial charge >= 0.3 is 6.09 Å². The second-order valence-corrected chi connectivity index (χ2v) is 6.17. The molecule has 0 fully saturated rings. The topological polar surface area (TPSA) is 50.8 Å². The summed E-state index contributed by atoms with van der Waals surface area (Å²) in [4.78, 5) is 14.0. The lowest BCUT2D eigenvalue weighted by molar-refractivity contribution is 0.0150. The lowest BCUT2D eigenvalue weighted by Gasteiger charge is -2.38. The highest BCUT2D eigenvalue weighted by atomic mass is 16.6. The van der Waals surface area contributed by atoms with Gasteiger partial charge < -0.3 is 19.7 Å². The third-order valence-electron chi connectivity index (χ3n) is 3.21. The van der Waals surface area contributed by atoms with Crippen LogP contribution in [-0.2, 0) is 9.47 Å². The van der Waals surface area contributed by atoms with Gasteiger partial charge in [0.1, 0.15) is 11.8 Å². The van der Waals surface area contributed by atoms with E-state index in [4.69, 9.17) is 9.47 Å². The van der Waals surface area contributed by atoms with Gasteiger partial charge in [-0.15, -0.1) is 0 Å².